The van der Waals surface area contributed by atoms with E-state index in [1.165, 1.54) is 18.0 Å². The molecular weight excluding hydrogens is 192 g/mol. The van der Waals surface area contributed by atoms with Gasteiger partial charge in [-0.25, -0.2) is 0 Å². The predicted octanol–water partition coefficient (Wildman–Crippen LogP) is 2.50. The topological polar surface area (TPSA) is 24.4 Å². The molecule has 80 valence electrons. The molecule has 1 aliphatic heterocycles. The molecule has 0 saturated heterocycles. The van der Waals surface area contributed by atoms with Gasteiger partial charge in [0.05, 0.1) is 6.54 Å². The van der Waals surface area contributed by atoms with Gasteiger partial charge >= 0.3 is 0 Å². The molecule has 0 spiro atoms. The van der Waals surface area contributed by atoms with Gasteiger partial charge in [0.25, 0.3) is 0 Å². The lowest BCUT2D eigenvalue weighted by molar-refractivity contribution is 0.590. The van der Waals surface area contributed by atoms with Gasteiger partial charge in [0.1, 0.15) is 0 Å². The summed E-state index contributed by atoms with van der Waals surface area (Å²) in [6.07, 6.45) is 2.81. The molecule has 2 unspecified atom stereocenters. The van der Waals surface area contributed by atoms with E-state index in [9.17, 15) is 0 Å². The Hall–Kier alpha value is -0.180. The van der Waals surface area contributed by atoms with E-state index in [4.69, 9.17) is 0 Å². The van der Waals surface area contributed by atoms with Gasteiger partial charge in [-0.15, -0.1) is 0 Å². The summed E-state index contributed by atoms with van der Waals surface area (Å²) < 4.78 is 0. The summed E-state index contributed by atoms with van der Waals surface area (Å²) in [6, 6.07) is 0.632. The second-order valence-corrected chi connectivity index (χ2v) is 6.04. The van der Waals surface area contributed by atoms with Crippen molar-refractivity contribution in [2.45, 2.75) is 44.9 Å². The maximum Gasteiger partial charge on any atom is 0.157 e. The first-order chi connectivity index (χ1) is 6.66. The largest absolute Gasteiger partial charge is 0.362 e. The Morgan fingerprint density at radius 2 is 2.07 bits per heavy atom. The molecule has 0 bridgehead atoms. The maximum absolute atomic E-state index is 4.56. The molecule has 0 aromatic heterocycles. The van der Waals surface area contributed by atoms with E-state index in [0.717, 1.165) is 18.4 Å². The second-order valence-electron chi connectivity index (χ2n) is 4.82. The number of hydrogen-bond acceptors (Lipinski definition) is 3. The molecule has 1 fully saturated rings. The van der Waals surface area contributed by atoms with Gasteiger partial charge in [0, 0.05) is 11.3 Å². The standard InChI is InChI=1S/C11H20N2S/c1-7(2)10-6-12-11(14-10)13-8(3)9-4-5-9/h7-10H,4-6H2,1-3H3,(H,12,13). The van der Waals surface area contributed by atoms with Crippen molar-refractivity contribution >= 4 is 16.9 Å². The van der Waals surface area contributed by atoms with Crippen molar-refractivity contribution in [3.05, 3.63) is 0 Å². The fourth-order valence-electron chi connectivity index (χ4n) is 1.73. The summed E-state index contributed by atoms with van der Waals surface area (Å²) in [6.45, 7) is 7.84. The van der Waals surface area contributed by atoms with Crippen LogP contribution in [0.3, 0.4) is 0 Å². The Labute approximate surface area is 90.9 Å². The number of nitrogens with one attached hydrogen (secondary N) is 1. The molecule has 2 rings (SSSR count). The SMILES string of the molecule is CC(C)C1CN=C(NC(C)C2CC2)S1. The monoisotopic (exact) mass is 212 g/mol. The van der Waals surface area contributed by atoms with Gasteiger partial charge in [0.15, 0.2) is 5.17 Å². The summed E-state index contributed by atoms with van der Waals surface area (Å²) >= 11 is 1.93. The van der Waals surface area contributed by atoms with Crippen LogP contribution in [-0.2, 0) is 0 Å². The third-order valence-electron chi connectivity index (χ3n) is 3.10. The molecule has 1 saturated carbocycles. The highest BCUT2D eigenvalue weighted by Gasteiger charge is 2.30. The van der Waals surface area contributed by atoms with Crippen molar-refractivity contribution in [1.29, 1.82) is 0 Å². The Morgan fingerprint density at radius 3 is 2.57 bits per heavy atom. The zero-order chi connectivity index (χ0) is 10.1. The van der Waals surface area contributed by atoms with Crippen LogP contribution in [0.4, 0.5) is 0 Å². The average Bonchev–Trinajstić information content (AvgIpc) is 2.87. The van der Waals surface area contributed by atoms with Crippen molar-refractivity contribution in [1.82, 2.24) is 5.32 Å². The van der Waals surface area contributed by atoms with E-state index in [-0.39, 0.29) is 0 Å². The third kappa shape index (κ3) is 2.44. The quantitative estimate of drug-likeness (QED) is 0.777. The highest BCUT2D eigenvalue weighted by atomic mass is 32.2. The molecule has 2 aliphatic rings. The molecule has 0 amide bonds. The number of amidine groups is 1. The average molecular weight is 212 g/mol. The summed E-state index contributed by atoms with van der Waals surface area (Å²) in [7, 11) is 0. The Balaban J connectivity index is 1.77. The minimum Gasteiger partial charge on any atom is -0.362 e. The minimum absolute atomic E-state index is 0.632. The van der Waals surface area contributed by atoms with Crippen LogP contribution in [0.25, 0.3) is 0 Å². The zero-order valence-electron chi connectivity index (χ0n) is 9.29. The zero-order valence-corrected chi connectivity index (χ0v) is 10.1. The van der Waals surface area contributed by atoms with E-state index in [1.807, 2.05) is 11.8 Å². The lowest BCUT2D eigenvalue weighted by Gasteiger charge is -2.15. The Bertz CT molecular complexity index is 233. The molecule has 14 heavy (non-hydrogen) atoms. The molecule has 1 N–H and O–H groups in total. The Morgan fingerprint density at radius 1 is 1.36 bits per heavy atom. The highest BCUT2D eigenvalue weighted by molar-refractivity contribution is 8.14. The van der Waals surface area contributed by atoms with E-state index in [1.54, 1.807) is 0 Å². The van der Waals surface area contributed by atoms with Crippen LogP contribution in [-0.4, -0.2) is 23.0 Å². The Kier molecular flexibility index (Phi) is 3.05. The van der Waals surface area contributed by atoms with Crippen LogP contribution in [0.1, 0.15) is 33.6 Å². The molecule has 0 radical (unpaired) electrons. The van der Waals surface area contributed by atoms with Crippen molar-refractivity contribution in [3.8, 4) is 0 Å². The molecule has 2 atom stereocenters. The fraction of sp³-hybridized carbons (Fsp3) is 0.909. The van der Waals surface area contributed by atoms with Crippen LogP contribution >= 0.6 is 11.8 Å². The maximum atomic E-state index is 4.56. The first-order valence-electron chi connectivity index (χ1n) is 5.64. The second kappa shape index (κ2) is 4.13. The summed E-state index contributed by atoms with van der Waals surface area (Å²) in [5.74, 6) is 1.65. The van der Waals surface area contributed by atoms with Crippen LogP contribution in [0.15, 0.2) is 4.99 Å². The number of thioether (sulfide) groups is 1. The smallest absolute Gasteiger partial charge is 0.157 e. The van der Waals surface area contributed by atoms with Crippen molar-refractivity contribution in [3.63, 3.8) is 0 Å². The van der Waals surface area contributed by atoms with E-state index in [0.29, 0.717) is 11.3 Å². The summed E-state index contributed by atoms with van der Waals surface area (Å²) in [4.78, 5) is 4.56. The van der Waals surface area contributed by atoms with E-state index in [2.05, 4.69) is 31.1 Å². The van der Waals surface area contributed by atoms with Crippen LogP contribution in [0.2, 0.25) is 0 Å². The molecule has 3 heteroatoms. The lowest BCUT2D eigenvalue weighted by Crippen LogP contribution is -2.31. The van der Waals surface area contributed by atoms with Crippen molar-refractivity contribution < 1.29 is 0 Å². The number of hydrogen-bond donors (Lipinski definition) is 1. The van der Waals surface area contributed by atoms with Crippen molar-refractivity contribution in [2.24, 2.45) is 16.8 Å². The first kappa shape index (κ1) is 10.3. The van der Waals surface area contributed by atoms with Gasteiger partial charge in [-0.1, -0.05) is 25.6 Å². The van der Waals surface area contributed by atoms with E-state index < -0.39 is 0 Å². The molecule has 1 aliphatic carbocycles. The molecule has 2 nitrogen and oxygen atoms in total. The van der Waals surface area contributed by atoms with Crippen LogP contribution in [0, 0.1) is 11.8 Å². The number of aliphatic imine (C=N–C) groups is 1. The first-order valence-corrected chi connectivity index (χ1v) is 6.52. The summed E-state index contributed by atoms with van der Waals surface area (Å²) in [5, 5.41) is 5.42. The lowest BCUT2D eigenvalue weighted by atomic mass is 10.1. The molecule has 0 aromatic carbocycles. The highest BCUT2D eigenvalue weighted by Crippen LogP contribution is 2.33. The summed E-state index contributed by atoms with van der Waals surface area (Å²) in [5.41, 5.74) is 0. The fourth-order valence-corrected chi connectivity index (χ4v) is 2.84. The van der Waals surface area contributed by atoms with Crippen LogP contribution < -0.4 is 5.32 Å². The third-order valence-corrected chi connectivity index (χ3v) is 4.57. The molecule has 1 heterocycles. The molecule has 0 aromatic rings. The normalized spacial score (nSPS) is 29.1. The predicted molar refractivity (Wildman–Crippen MR) is 63.8 cm³/mol. The van der Waals surface area contributed by atoms with Crippen molar-refractivity contribution in [2.75, 3.05) is 6.54 Å². The van der Waals surface area contributed by atoms with Gasteiger partial charge in [-0.2, -0.15) is 0 Å². The van der Waals surface area contributed by atoms with E-state index >= 15 is 0 Å². The van der Waals surface area contributed by atoms with Gasteiger partial charge < -0.3 is 5.32 Å². The molecular formula is C11H20N2S. The minimum atomic E-state index is 0.632. The van der Waals surface area contributed by atoms with Gasteiger partial charge in [-0.05, 0) is 31.6 Å². The van der Waals surface area contributed by atoms with Crippen LogP contribution in [0.5, 0.6) is 0 Å². The number of nitrogens with zero attached hydrogens (tertiary/aromatic N) is 1. The number of rotatable bonds is 3. The van der Waals surface area contributed by atoms with Gasteiger partial charge in [0.2, 0.25) is 0 Å². The van der Waals surface area contributed by atoms with Gasteiger partial charge in [-0.3, -0.25) is 4.99 Å².